The van der Waals surface area contributed by atoms with Crippen molar-refractivity contribution in [2.24, 2.45) is 5.10 Å². The van der Waals surface area contributed by atoms with Crippen molar-refractivity contribution in [1.29, 1.82) is 0 Å². The molecule has 26 heavy (non-hydrogen) atoms. The predicted octanol–water partition coefficient (Wildman–Crippen LogP) is 3.31. The molecular weight excluding hydrogens is 372 g/mol. The van der Waals surface area contributed by atoms with E-state index in [0.29, 0.717) is 10.2 Å². The summed E-state index contributed by atoms with van der Waals surface area (Å²) in [5.41, 5.74) is 3.95. The molecule has 2 aromatic rings. The number of nitrogens with one attached hydrogen (secondary N) is 2. The van der Waals surface area contributed by atoms with Crippen LogP contribution in [-0.4, -0.2) is 28.8 Å². The van der Waals surface area contributed by atoms with Crippen LogP contribution in [-0.2, 0) is 9.59 Å². The summed E-state index contributed by atoms with van der Waals surface area (Å²) in [6, 6.07) is 16.3. The van der Waals surface area contributed by atoms with Crippen LogP contribution in [0, 0.1) is 0 Å². The Morgan fingerprint density at radius 2 is 2.00 bits per heavy atom. The minimum atomic E-state index is -0.321. The van der Waals surface area contributed by atoms with Crippen molar-refractivity contribution in [3.63, 3.8) is 0 Å². The monoisotopic (exact) mass is 388 g/mol. The zero-order valence-corrected chi connectivity index (χ0v) is 15.6. The van der Waals surface area contributed by atoms with Gasteiger partial charge in [-0.05, 0) is 37.3 Å². The van der Waals surface area contributed by atoms with Crippen molar-refractivity contribution in [2.45, 2.75) is 12.2 Å². The fraction of sp³-hybridized carbons (Fsp3) is 0.167. The Balaban J connectivity index is 1.64. The van der Waals surface area contributed by atoms with Crippen molar-refractivity contribution in [3.05, 3.63) is 59.6 Å². The van der Waals surface area contributed by atoms with Crippen LogP contribution in [0.3, 0.4) is 0 Å². The summed E-state index contributed by atoms with van der Waals surface area (Å²) in [6.45, 7) is 1.85. The molecule has 2 aromatic carbocycles. The molecule has 0 spiro atoms. The fourth-order valence-electron chi connectivity index (χ4n) is 2.36. The first kappa shape index (κ1) is 18.3. The van der Waals surface area contributed by atoms with E-state index in [1.165, 1.54) is 16.7 Å². The van der Waals surface area contributed by atoms with Gasteiger partial charge in [-0.2, -0.15) is 0 Å². The number of rotatable bonds is 5. The molecule has 0 radical (unpaired) electrons. The van der Waals surface area contributed by atoms with Crippen molar-refractivity contribution in [3.8, 4) is 0 Å². The molecule has 1 atom stereocenters. The SMILES string of the molecule is CC1S/C(=N\NC(=O)CNc2cccc(Cl)c2)N(c2ccccc2)C1=O. The van der Waals surface area contributed by atoms with E-state index in [-0.39, 0.29) is 23.6 Å². The smallest absolute Gasteiger partial charge is 0.259 e. The first-order chi connectivity index (χ1) is 12.5. The van der Waals surface area contributed by atoms with E-state index in [0.717, 1.165) is 11.4 Å². The van der Waals surface area contributed by atoms with Crippen LogP contribution < -0.4 is 15.6 Å². The Morgan fingerprint density at radius 3 is 2.73 bits per heavy atom. The number of hydrazone groups is 1. The van der Waals surface area contributed by atoms with Crippen molar-refractivity contribution in [1.82, 2.24) is 5.43 Å². The van der Waals surface area contributed by atoms with E-state index in [4.69, 9.17) is 11.6 Å². The number of benzene rings is 2. The van der Waals surface area contributed by atoms with Crippen LogP contribution in [0.5, 0.6) is 0 Å². The van der Waals surface area contributed by atoms with Gasteiger partial charge < -0.3 is 5.32 Å². The molecule has 1 aliphatic rings. The molecule has 0 aromatic heterocycles. The lowest BCUT2D eigenvalue weighted by molar-refractivity contribution is -0.119. The number of amidine groups is 1. The fourth-order valence-corrected chi connectivity index (χ4v) is 3.47. The maximum atomic E-state index is 12.4. The minimum Gasteiger partial charge on any atom is -0.376 e. The number of carbonyl (C=O) groups is 2. The van der Waals surface area contributed by atoms with Crippen LogP contribution in [0.4, 0.5) is 11.4 Å². The Hall–Kier alpha value is -2.51. The second kappa shape index (κ2) is 8.25. The molecule has 8 heteroatoms. The highest BCUT2D eigenvalue weighted by Gasteiger charge is 2.36. The second-order valence-corrected chi connectivity index (χ2v) is 7.31. The number of hydrogen-bond donors (Lipinski definition) is 2. The molecule has 0 saturated carbocycles. The number of amides is 2. The van der Waals surface area contributed by atoms with Crippen LogP contribution in [0.2, 0.25) is 5.02 Å². The number of anilines is 2. The molecule has 1 fully saturated rings. The van der Waals surface area contributed by atoms with Gasteiger partial charge in [0.25, 0.3) is 5.91 Å². The molecule has 1 unspecified atom stereocenters. The summed E-state index contributed by atoms with van der Waals surface area (Å²) in [6.07, 6.45) is 0. The second-order valence-electron chi connectivity index (χ2n) is 5.56. The zero-order valence-electron chi connectivity index (χ0n) is 14.0. The Bertz CT molecular complexity index is 844. The lowest BCUT2D eigenvalue weighted by Crippen LogP contribution is -2.34. The summed E-state index contributed by atoms with van der Waals surface area (Å²) in [5.74, 6) is -0.385. The first-order valence-electron chi connectivity index (χ1n) is 7.96. The maximum Gasteiger partial charge on any atom is 0.259 e. The van der Waals surface area contributed by atoms with E-state index >= 15 is 0 Å². The average molecular weight is 389 g/mol. The van der Waals surface area contributed by atoms with E-state index in [2.05, 4.69) is 15.8 Å². The quantitative estimate of drug-likeness (QED) is 0.771. The third kappa shape index (κ3) is 4.36. The van der Waals surface area contributed by atoms with Gasteiger partial charge in [-0.3, -0.25) is 14.5 Å². The molecule has 2 N–H and O–H groups in total. The van der Waals surface area contributed by atoms with Crippen molar-refractivity contribution >= 4 is 51.7 Å². The minimum absolute atomic E-state index is 0.0383. The van der Waals surface area contributed by atoms with Gasteiger partial charge in [0, 0.05) is 10.7 Å². The summed E-state index contributed by atoms with van der Waals surface area (Å²) < 4.78 is 0. The van der Waals surface area contributed by atoms with Gasteiger partial charge in [-0.15, -0.1) is 5.10 Å². The van der Waals surface area contributed by atoms with Gasteiger partial charge >= 0.3 is 0 Å². The highest BCUT2D eigenvalue weighted by molar-refractivity contribution is 8.16. The molecule has 134 valence electrons. The lowest BCUT2D eigenvalue weighted by atomic mass is 10.3. The Morgan fingerprint density at radius 1 is 1.23 bits per heavy atom. The molecule has 1 saturated heterocycles. The topological polar surface area (TPSA) is 73.8 Å². The average Bonchev–Trinajstić information content (AvgIpc) is 2.93. The van der Waals surface area contributed by atoms with E-state index in [1.54, 1.807) is 18.2 Å². The number of halogens is 1. The number of carbonyl (C=O) groups excluding carboxylic acids is 2. The van der Waals surface area contributed by atoms with Gasteiger partial charge in [0.1, 0.15) is 0 Å². The van der Waals surface area contributed by atoms with E-state index in [1.807, 2.05) is 43.3 Å². The normalized spacial score (nSPS) is 18.2. The van der Waals surface area contributed by atoms with Gasteiger partial charge in [0.15, 0.2) is 5.17 Å². The maximum absolute atomic E-state index is 12.4. The largest absolute Gasteiger partial charge is 0.376 e. The number of hydrogen-bond acceptors (Lipinski definition) is 5. The molecule has 1 heterocycles. The van der Waals surface area contributed by atoms with Gasteiger partial charge in [0.05, 0.1) is 17.5 Å². The predicted molar refractivity (Wildman–Crippen MR) is 107 cm³/mol. The summed E-state index contributed by atoms with van der Waals surface area (Å²) in [4.78, 5) is 25.9. The summed E-state index contributed by atoms with van der Waals surface area (Å²) >= 11 is 7.22. The molecule has 6 nitrogen and oxygen atoms in total. The molecule has 3 rings (SSSR count). The van der Waals surface area contributed by atoms with E-state index in [9.17, 15) is 9.59 Å². The standard InChI is InChI=1S/C18H17ClN4O2S/c1-12-17(25)23(15-8-3-2-4-9-15)18(26-12)22-21-16(24)11-20-14-7-5-6-13(19)10-14/h2-10,12,20H,11H2,1H3,(H,21,24)/b22-18-. The van der Waals surface area contributed by atoms with Crippen LogP contribution in [0.1, 0.15) is 6.92 Å². The van der Waals surface area contributed by atoms with E-state index < -0.39 is 0 Å². The number of nitrogens with zero attached hydrogens (tertiary/aromatic N) is 2. The van der Waals surface area contributed by atoms with Gasteiger partial charge in [-0.1, -0.05) is 47.6 Å². The Labute approximate surface area is 160 Å². The third-order valence-electron chi connectivity index (χ3n) is 3.61. The highest BCUT2D eigenvalue weighted by atomic mass is 35.5. The molecule has 2 amide bonds. The van der Waals surface area contributed by atoms with Crippen LogP contribution in [0.15, 0.2) is 59.7 Å². The van der Waals surface area contributed by atoms with Crippen molar-refractivity contribution < 1.29 is 9.59 Å². The molecule has 0 aliphatic carbocycles. The molecule has 1 aliphatic heterocycles. The lowest BCUT2D eigenvalue weighted by Gasteiger charge is -2.16. The third-order valence-corrected chi connectivity index (χ3v) is 4.88. The summed E-state index contributed by atoms with van der Waals surface area (Å²) in [7, 11) is 0. The summed E-state index contributed by atoms with van der Waals surface area (Å²) in [5, 5.41) is 7.88. The number of para-hydroxylation sites is 1. The number of thioether (sulfide) groups is 1. The van der Waals surface area contributed by atoms with Gasteiger partial charge in [0.2, 0.25) is 5.91 Å². The van der Waals surface area contributed by atoms with Crippen LogP contribution in [0.25, 0.3) is 0 Å². The van der Waals surface area contributed by atoms with Crippen molar-refractivity contribution in [2.75, 3.05) is 16.8 Å². The Kier molecular flexibility index (Phi) is 5.80. The first-order valence-corrected chi connectivity index (χ1v) is 9.22. The molecule has 0 bridgehead atoms. The van der Waals surface area contributed by atoms with Crippen LogP contribution >= 0.6 is 23.4 Å². The molecular formula is C18H17ClN4O2S. The van der Waals surface area contributed by atoms with Gasteiger partial charge in [-0.25, -0.2) is 5.43 Å². The highest BCUT2D eigenvalue weighted by Crippen LogP contribution is 2.31. The zero-order chi connectivity index (χ0) is 18.5.